The number of halogens is 1. The Kier molecular flexibility index (Phi) is 7.59. The molecule has 98 valence electrons. The molecule has 0 bridgehead atoms. The predicted octanol–water partition coefficient (Wildman–Crippen LogP) is 0.740. The van der Waals surface area contributed by atoms with Gasteiger partial charge >= 0.3 is 0 Å². The van der Waals surface area contributed by atoms with Gasteiger partial charge < -0.3 is 11.1 Å². The summed E-state index contributed by atoms with van der Waals surface area (Å²) in [5.41, 5.74) is 5.57. The molecule has 0 aromatic carbocycles. The molecule has 3 N–H and O–H groups in total. The lowest BCUT2D eigenvalue weighted by atomic mass is 10.2. The van der Waals surface area contributed by atoms with Crippen molar-refractivity contribution in [2.75, 3.05) is 12.8 Å². The van der Waals surface area contributed by atoms with Crippen LogP contribution < -0.4 is 11.1 Å². The van der Waals surface area contributed by atoms with Crippen molar-refractivity contribution in [2.24, 2.45) is 10.7 Å². The molecule has 0 spiro atoms. The molecule has 0 aliphatic heterocycles. The summed E-state index contributed by atoms with van der Waals surface area (Å²) in [6.07, 6.45) is 1.20. The van der Waals surface area contributed by atoms with Gasteiger partial charge in [0.05, 0.1) is 11.3 Å². The molecule has 0 heterocycles. The molecule has 0 saturated heterocycles. The van der Waals surface area contributed by atoms with Gasteiger partial charge in [-0.05, 0) is 27.7 Å². The molecule has 0 aromatic rings. The number of aliphatic imine (C=N–C) groups is 1. The second-order valence-electron chi connectivity index (χ2n) is 4.53. The summed E-state index contributed by atoms with van der Waals surface area (Å²) < 4.78 is 21.8. The summed E-state index contributed by atoms with van der Waals surface area (Å²) in [5, 5.41) is 2.90. The Labute approximate surface area is 115 Å². The molecule has 0 aromatic heterocycles. The van der Waals surface area contributed by atoms with Crippen LogP contribution in [0.3, 0.4) is 0 Å². The molecule has 0 unspecified atom stereocenters. The van der Waals surface area contributed by atoms with Gasteiger partial charge in [0.15, 0.2) is 15.8 Å². The lowest BCUT2D eigenvalue weighted by molar-refractivity contribution is 0.554. The van der Waals surface area contributed by atoms with Gasteiger partial charge in [-0.1, -0.05) is 0 Å². The van der Waals surface area contributed by atoms with Crippen LogP contribution in [0.1, 0.15) is 27.7 Å². The van der Waals surface area contributed by atoms with Crippen molar-refractivity contribution in [1.82, 2.24) is 5.32 Å². The molecule has 7 heteroatoms. The fourth-order valence-corrected chi connectivity index (χ4v) is 1.03. The number of hydrogen-bond donors (Lipinski definition) is 2. The molecule has 16 heavy (non-hydrogen) atoms. The summed E-state index contributed by atoms with van der Waals surface area (Å²) in [6.45, 7) is 7.30. The van der Waals surface area contributed by atoms with E-state index in [0.717, 1.165) is 0 Å². The van der Waals surface area contributed by atoms with Crippen molar-refractivity contribution < 1.29 is 8.42 Å². The highest BCUT2D eigenvalue weighted by atomic mass is 127. The maximum atomic E-state index is 11.4. The minimum absolute atomic E-state index is 0. The van der Waals surface area contributed by atoms with E-state index in [1.807, 2.05) is 13.8 Å². The topological polar surface area (TPSA) is 84.5 Å². The molecule has 0 saturated carbocycles. The Morgan fingerprint density at radius 2 is 1.88 bits per heavy atom. The third kappa shape index (κ3) is 6.51. The van der Waals surface area contributed by atoms with E-state index in [1.165, 1.54) is 6.26 Å². The van der Waals surface area contributed by atoms with Gasteiger partial charge in [0.1, 0.15) is 0 Å². The summed E-state index contributed by atoms with van der Waals surface area (Å²) in [4.78, 5) is 4.01. The maximum absolute atomic E-state index is 11.4. The number of sulfone groups is 1. The van der Waals surface area contributed by atoms with Crippen LogP contribution >= 0.6 is 24.0 Å². The normalized spacial score (nSPS) is 13.5. The molecule has 0 aliphatic carbocycles. The van der Waals surface area contributed by atoms with Gasteiger partial charge in [0, 0.05) is 12.3 Å². The van der Waals surface area contributed by atoms with Crippen molar-refractivity contribution >= 4 is 39.8 Å². The zero-order chi connectivity index (χ0) is 12.3. The van der Waals surface area contributed by atoms with E-state index in [0.29, 0.717) is 0 Å². The van der Waals surface area contributed by atoms with E-state index in [1.54, 1.807) is 13.8 Å². The highest BCUT2D eigenvalue weighted by Gasteiger charge is 2.29. The van der Waals surface area contributed by atoms with Gasteiger partial charge in [-0.2, -0.15) is 0 Å². The van der Waals surface area contributed by atoms with Gasteiger partial charge in [-0.15, -0.1) is 24.0 Å². The number of nitrogens with two attached hydrogens (primary N) is 1. The second-order valence-corrected chi connectivity index (χ2v) is 7.18. The van der Waals surface area contributed by atoms with Crippen LogP contribution in [0.5, 0.6) is 0 Å². The number of nitrogens with one attached hydrogen (secondary N) is 1. The van der Waals surface area contributed by atoms with Gasteiger partial charge in [0.25, 0.3) is 0 Å². The monoisotopic (exact) mass is 363 g/mol. The summed E-state index contributed by atoms with van der Waals surface area (Å²) in [6, 6.07) is 0.190. The number of guanidine groups is 1. The van der Waals surface area contributed by atoms with E-state index in [2.05, 4.69) is 10.3 Å². The minimum atomic E-state index is -3.12. The number of hydrogen-bond acceptors (Lipinski definition) is 3. The minimum Gasteiger partial charge on any atom is -0.370 e. The van der Waals surface area contributed by atoms with Crippen LogP contribution in [-0.4, -0.2) is 38.0 Å². The van der Waals surface area contributed by atoms with E-state index >= 15 is 0 Å². The SMILES string of the molecule is CC(C)NC(N)=NCC(C)(C)S(C)(=O)=O.I. The van der Waals surface area contributed by atoms with Crippen LogP contribution in [0.15, 0.2) is 4.99 Å². The first kappa shape index (κ1) is 18.3. The molecule has 0 fully saturated rings. The Morgan fingerprint density at radius 3 is 2.19 bits per heavy atom. The Balaban J connectivity index is 0. The summed E-state index contributed by atoms with van der Waals surface area (Å²) in [5.74, 6) is 0.279. The Morgan fingerprint density at radius 1 is 1.44 bits per heavy atom. The zero-order valence-electron chi connectivity index (χ0n) is 10.4. The standard InChI is InChI=1S/C9H21N3O2S.HI/c1-7(2)12-8(10)11-6-9(3,4)15(5,13)14;/h7H,6H2,1-5H3,(H3,10,11,12);1H. The molecule has 0 aliphatic rings. The first-order valence-electron chi connectivity index (χ1n) is 4.82. The Bertz CT molecular complexity index is 337. The lowest BCUT2D eigenvalue weighted by Crippen LogP contribution is -2.40. The van der Waals surface area contributed by atoms with E-state index in [9.17, 15) is 8.42 Å². The fraction of sp³-hybridized carbons (Fsp3) is 0.889. The van der Waals surface area contributed by atoms with Crippen LogP contribution in [0.4, 0.5) is 0 Å². The van der Waals surface area contributed by atoms with Crippen LogP contribution in [0.25, 0.3) is 0 Å². The average molecular weight is 363 g/mol. The van der Waals surface area contributed by atoms with E-state index in [-0.39, 0.29) is 42.5 Å². The van der Waals surface area contributed by atoms with Crippen LogP contribution in [-0.2, 0) is 9.84 Å². The first-order chi connectivity index (χ1) is 6.56. The fourth-order valence-electron chi connectivity index (χ4n) is 0.734. The van der Waals surface area contributed by atoms with Gasteiger partial charge in [0.2, 0.25) is 0 Å². The zero-order valence-corrected chi connectivity index (χ0v) is 13.6. The molecule has 0 rings (SSSR count). The molecular weight excluding hydrogens is 341 g/mol. The van der Waals surface area contributed by atoms with Crippen molar-refractivity contribution in [1.29, 1.82) is 0 Å². The van der Waals surface area contributed by atoms with Crippen molar-refractivity contribution in [2.45, 2.75) is 38.5 Å². The predicted molar refractivity (Wildman–Crippen MR) is 79.1 cm³/mol. The molecule has 5 nitrogen and oxygen atoms in total. The van der Waals surface area contributed by atoms with E-state index in [4.69, 9.17) is 5.73 Å². The van der Waals surface area contributed by atoms with Crippen LogP contribution in [0.2, 0.25) is 0 Å². The quantitative estimate of drug-likeness (QED) is 0.438. The highest BCUT2D eigenvalue weighted by molar-refractivity contribution is 14.0. The number of nitrogens with zero attached hydrogens (tertiary/aromatic N) is 1. The van der Waals surface area contributed by atoms with Crippen LogP contribution in [0, 0.1) is 0 Å². The Hall–Kier alpha value is -0.0500. The average Bonchev–Trinajstić information content (AvgIpc) is 1.97. The third-order valence-corrected chi connectivity index (χ3v) is 4.21. The highest BCUT2D eigenvalue weighted by Crippen LogP contribution is 2.14. The second kappa shape index (κ2) is 6.63. The molecule has 0 radical (unpaired) electrons. The van der Waals surface area contributed by atoms with E-state index < -0.39 is 14.6 Å². The van der Waals surface area contributed by atoms with Crippen molar-refractivity contribution in [3.63, 3.8) is 0 Å². The van der Waals surface area contributed by atoms with Gasteiger partial charge in [-0.3, -0.25) is 4.99 Å². The maximum Gasteiger partial charge on any atom is 0.188 e. The largest absolute Gasteiger partial charge is 0.370 e. The molecular formula is C9H22IN3O2S. The summed E-state index contributed by atoms with van der Waals surface area (Å²) >= 11 is 0. The molecule has 0 amide bonds. The van der Waals surface area contributed by atoms with Gasteiger partial charge in [-0.25, -0.2) is 8.42 Å². The number of rotatable bonds is 4. The smallest absolute Gasteiger partial charge is 0.188 e. The lowest BCUT2D eigenvalue weighted by Gasteiger charge is -2.20. The first-order valence-corrected chi connectivity index (χ1v) is 6.71. The molecule has 0 atom stereocenters. The van der Waals surface area contributed by atoms with Crippen molar-refractivity contribution in [3.05, 3.63) is 0 Å². The summed E-state index contributed by atoms with van der Waals surface area (Å²) in [7, 11) is -3.12. The third-order valence-electron chi connectivity index (χ3n) is 2.07. The van der Waals surface area contributed by atoms with Crippen molar-refractivity contribution in [3.8, 4) is 0 Å².